The van der Waals surface area contributed by atoms with Crippen LogP contribution in [0.25, 0.3) is 0 Å². The van der Waals surface area contributed by atoms with Crippen molar-refractivity contribution in [3.63, 3.8) is 0 Å². The first-order chi connectivity index (χ1) is 10.7. The molecule has 0 aliphatic rings. The molecule has 2 heterocycles. The Morgan fingerprint density at radius 2 is 1.17 bits per heavy atom. The normalized spacial score (nSPS) is 11.3. The molecule has 0 fully saturated rings. The lowest BCUT2D eigenvalue weighted by Gasteiger charge is -2.15. The van der Waals surface area contributed by atoms with Crippen LogP contribution in [0.2, 0.25) is 0 Å². The fourth-order valence-corrected chi connectivity index (χ4v) is 3.85. The Morgan fingerprint density at radius 3 is 1.39 bits per heavy atom. The van der Waals surface area contributed by atoms with Gasteiger partial charge in [-0.3, -0.25) is 9.59 Å². The highest BCUT2D eigenvalue weighted by Gasteiger charge is 2.26. The summed E-state index contributed by atoms with van der Waals surface area (Å²) in [4.78, 5) is 30.6. The molecule has 0 bridgehead atoms. The van der Waals surface area contributed by atoms with Crippen LogP contribution in [0, 0.1) is 27.7 Å². The fourth-order valence-electron chi connectivity index (χ4n) is 3.85. The van der Waals surface area contributed by atoms with E-state index in [1.165, 1.54) is 0 Å². The van der Waals surface area contributed by atoms with Gasteiger partial charge in [0, 0.05) is 39.8 Å². The van der Waals surface area contributed by atoms with Gasteiger partial charge in [0.1, 0.15) is 0 Å². The van der Waals surface area contributed by atoms with E-state index in [0.29, 0.717) is 0 Å². The van der Waals surface area contributed by atoms with Crippen molar-refractivity contribution in [3.8, 4) is 0 Å². The summed E-state index contributed by atoms with van der Waals surface area (Å²) in [7, 11) is 0. The average Bonchev–Trinajstić information content (AvgIpc) is 2.88. The second-order valence-electron chi connectivity index (χ2n) is 6.40. The van der Waals surface area contributed by atoms with Gasteiger partial charge in [0.2, 0.25) is 0 Å². The Bertz CT molecular complexity index is 714. The van der Waals surface area contributed by atoms with Crippen LogP contribution in [0.4, 0.5) is 0 Å². The van der Waals surface area contributed by atoms with Crippen LogP contribution >= 0.6 is 0 Å². The molecule has 0 aliphatic heterocycles. The summed E-state index contributed by atoms with van der Waals surface area (Å²) < 4.78 is 0. The van der Waals surface area contributed by atoms with Gasteiger partial charge < -0.3 is 9.97 Å². The molecular weight excluding hydrogens is 288 g/mol. The van der Waals surface area contributed by atoms with Gasteiger partial charge in [0.15, 0.2) is 11.6 Å². The lowest BCUT2D eigenvalue weighted by Crippen LogP contribution is -2.05. The lowest BCUT2D eigenvalue weighted by atomic mass is 9.91. The molecular formula is C19H26N2O2. The molecule has 0 atom stereocenters. The van der Waals surface area contributed by atoms with E-state index < -0.39 is 0 Å². The number of aromatic nitrogens is 2. The summed E-state index contributed by atoms with van der Waals surface area (Å²) in [6.07, 6.45) is 0.885. The zero-order chi connectivity index (χ0) is 17.5. The molecule has 0 radical (unpaired) electrons. The van der Waals surface area contributed by atoms with Crippen LogP contribution in [0.1, 0.15) is 87.7 Å². The van der Waals surface area contributed by atoms with E-state index in [4.69, 9.17) is 0 Å². The number of ketones is 2. The molecule has 2 rings (SSSR count). The second-order valence-corrected chi connectivity index (χ2v) is 6.40. The Labute approximate surface area is 137 Å². The molecule has 2 aromatic rings. The van der Waals surface area contributed by atoms with E-state index in [1.54, 1.807) is 13.8 Å². The number of rotatable bonds is 5. The maximum atomic E-state index is 11.9. The highest BCUT2D eigenvalue weighted by molar-refractivity contribution is 5.98. The minimum atomic E-state index is 0.0844. The van der Waals surface area contributed by atoms with Crippen LogP contribution in [-0.4, -0.2) is 21.5 Å². The Balaban J connectivity index is 2.63. The molecule has 0 aromatic carbocycles. The first kappa shape index (κ1) is 17.3. The number of aromatic amines is 2. The van der Waals surface area contributed by atoms with Crippen molar-refractivity contribution in [2.24, 2.45) is 0 Å². The van der Waals surface area contributed by atoms with Crippen molar-refractivity contribution in [2.45, 2.75) is 60.8 Å². The molecule has 0 spiro atoms. The van der Waals surface area contributed by atoms with Crippen molar-refractivity contribution < 1.29 is 9.59 Å². The largest absolute Gasteiger partial charge is 0.361 e. The van der Waals surface area contributed by atoms with Crippen LogP contribution in [0.3, 0.4) is 0 Å². The number of aryl methyl sites for hydroxylation is 2. The van der Waals surface area contributed by atoms with E-state index in [9.17, 15) is 9.59 Å². The maximum Gasteiger partial charge on any atom is 0.161 e. The van der Waals surface area contributed by atoms with Crippen molar-refractivity contribution in [1.82, 2.24) is 9.97 Å². The van der Waals surface area contributed by atoms with Gasteiger partial charge >= 0.3 is 0 Å². The quantitative estimate of drug-likeness (QED) is 0.797. The molecule has 0 aliphatic carbocycles. The highest BCUT2D eigenvalue weighted by atomic mass is 16.1. The molecule has 2 aromatic heterocycles. The zero-order valence-electron chi connectivity index (χ0n) is 15.1. The number of carbonyl (C=O) groups excluding carboxylic acids is 2. The molecule has 0 saturated carbocycles. The summed E-state index contributed by atoms with van der Waals surface area (Å²) in [6, 6.07) is 0. The number of Topliss-reactive ketones (excluding diaryl/α,β-unsaturated/α-hetero) is 2. The minimum Gasteiger partial charge on any atom is -0.361 e. The third kappa shape index (κ3) is 2.78. The smallest absolute Gasteiger partial charge is 0.161 e. The van der Waals surface area contributed by atoms with E-state index in [1.807, 2.05) is 27.7 Å². The number of hydrogen-bond donors (Lipinski definition) is 2. The van der Waals surface area contributed by atoms with Crippen molar-refractivity contribution >= 4 is 11.6 Å². The molecule has 0 amide bonds. The van der Waals surface area contributed by atoms with E-state index >= 15 is 0 Å². The predicted octanol–water partition coefficient (Wildman–Crippen LogP) is 4.52. The maximum absolute atomic E-state index is 11.9. The average molecular weight is 314 g/mol. The van der Waals surface area contributed by atoms with Gasteiger partial charge in [-0.1, -0.05) is 6.92 Å². The number of hydrogen-bond acceptors (Lipinski definition) is 2. The fraction of sp³-hybridized carbons (Fsp3) is 0.474. The standard InChI is InChI=1S/C19H26N2O2/c1-8-15(18-9(2)16(13(6)22)11(4)20-18)19-10(3)17(14(7)23)12(5)21-19/h15,20-21H,8H2,1-7H3. The summed E-state index contributed by atoms with van der Waals surface area (Å²) in [5, 5.41) is 0. The number of H-pyrrole nitrogens is 2. The van der Waals surface area contributed by atoms with Gasteiger partial charge in [0.05, 0.1) is 0 Å². The SMILES string of the molecule is CCC(c1[nH]c(C)c(C(C)=O)c1C)c1[nH]c(C)c(C(C)=O)c1C. The molecule has 2 N–H and O–H groups in total. The first-order valence-corrected chi connectivity index (χ1v) is 8.10. The molecule has 124 valence electrons. The molecule has 4 nitrogen and oxygen atoms in total. The molecule has 0 unspecified atom stereocenters. The third-order valence-electron chi connectivity index (χ3n) is 4.76. The van der Waals surface area contributed by atoms with E-state index in [2.05, 4.69) is 16.9 Å². The Kier molecular flexibility index (Phi) is 4.64. The first-order valence-electron chi connectivity index (χ1n) is 8.10. The number of nitrogens with one attached hydrogen (secondary N) is 2. The minimum absolute atomic E-state index is 0.0844. The molecule has 4 heteroatoms. The molecule has 23 heavy (non-hydrogen) atoms. The Morgan fingerprint density at radius 1 is 0.826 bits per heavy atom. The summed E-state index contributed by atoms with van der Waals surface area (Å²) in [6.45, 7) is 13.2. The summed E-state index contributed by atoms with van der Waals surface area (Å²) in [5.41, 5.74) is 7.55. The molecule has 0 saturated heterocycles. The summed E-state index contributed by atoms with van der Waals surface area (Å²) in [5.74, 6) is 0.288. The van der Waals surface area contributed by atoms with Gasteiger partial charge in [0.25, 0.3) is 0 Å². The van der Waals surface area contributed by atoms with Crippen molar-refractivity contribution in [3.05, 3.63) is 45.0 Å². The highest BCUT2D eigenvalue weighted by Crippen LogP contribution is 2.35. The van der Waals surface area contributed by atoms with Gasteiger partial charge in [-0.15, -0.1) is 0 Å². The second kappa shape index (κ2) is 6.19. The Hall–Kier alpha value is -2.10. The van der Waals surface area contributed by atoms with Crippen molar-refractivity contribution in [1.29, 1.82) is 0 Å². The van der Waals surface area contributed by atoms with E-state index in [-0.39, 0.29) is 17.5 Å². The topological polar surface area (TPSA) is 65.7 Å². The van der Waals surface area contributed by atoms with Crippen molar-refractivity contribution in [2.75, 3.05) is 0 Å². The summed E-state index contributed by atoms with van der Waals surface area (Å²) >= 11 is 0. The number of carbonyl (C=O) groups is 2. The van der Waals surface area contributed by atoms with Crippen LogP contribution < -0.4 is 0 Å². The van der Waals surface area contributed by atoms with Crippen LogP contribution in [0.15, 0.2) is 0 Å². The van der Waals surface area contributed by atoms with Crippen LogP contribution in [0.5, 0.6) is 0 Å². The zero-order valence-corrected chi connectivity index (χ0v) is 15.1. The van der Waals surface area contributed by atoms with E-state index in [0.717, 1.165) is 51.5 Å². The van der Waals surface area contributed by atoms with Gasteiger partial charge in [-0.25, -0.2) is 0 Å². The predicted molar refractivity (Wildman–Crippen MR) is 92.7 cm³/mol. The third-order valence-corrected chi connectivity index (χ3v) is 4.76. The monoisotopic (exact) mass is 314 g/mol. The van der Waals surface area contributed by atoms with Gasteiger partial charge in [-0.2, -0.15) is 0 Å². The van der Waals surface area contributed by atoms with Gasteiger partial charge in [-0.05, 0) is 59.1 Å². The van der Waals surface area contributed by atoms with Crippen LogP contribution in [-0.2, 0) is 0 Å². The lowest BCUT2D eigenvalue weighted by molar-refractivity contribution is 0.100.